The van der Waals surface area contributed by atoms with Gasteiger partial charge in [0.2, 0.25) is 5.88 Å². The maximum absolute atomic E-state index is 13.0. The molecule has 1 aliphatic carbocycles. The molecule has 0 bridgehead atoms. The van der Waals surface area contributed by atoms with Crippen molar-refractivity contribution < 1.29 is 19.4 Å². The molecule has 27 heavy (non-hydrogen) atoms. The van der Waals surface area contributed by atoms with E-state index in [4.69, 9.17) is 9.47 Å². The van der Waals surface area contributed by atoms with Gasteiger partial charge in [-0.1, -0.05) is 25.1 Å². The van der Waals surface area contributed by atoms with Crippen molar-refractivity contribution in [3.8, 4) is 11.6 Å². The first-order chi connectivity index (χ1) is 13.1. The van der Waals surface area contributed by atoms with Gasteiger partial charge in [-0.3, -0.25) is 4.79 Å². The van der Waals surface area contributed by atoms with Crippen LogP contribution < -0.4 is 14.8 Å². The first-order valence-corrected chi connectivity index (χ1v) is 9.33. The number of para-hydroxylation sites is 1. The maximum Gasteiger partial charge on any atom is 0.255 e. The zero-order valence-electron chi connectivity index (χ0n) is 15.7. The van der Waals surface area contributed by atoms with E-state index in [1.54, 1.807) is 25.4 Å². The van der Waals surface area contributed by atoms with Gasteiger partial charge in [-0.15, -0.1) is 0 Å². The molecular weight excluding hydrogens is 344 g/mol. The number of hydrogen-bond acceptors (Lipinski definition) is 5. The molecule has 6 heteroatoms. The highest BCUT2D eigenvalue weighted by molar-refractivity contribution is 5.97. The molecule has 1 amide bonds. The fourth-order valence-corrected chi connectivity index (χ4v) is 3.28. The molecule has 2 aromatic rings. The summed E-state index contributed by atoms with van der Waals surface area (Å²) in [6.45, 7) is 2.59. The molecule has 144 valence electrons. The lowest BCUT2D eigenvalue weighted by atomic mass is 9.75. The Labute approximate surface area is 159 Å². The van der Waals surface area contributed by atoms with Crippen molar-refractivity contribution in [2.45, 2.75) is 38.3 Å². The first-order valence-electron chi connectivity index (χ1n) is 9.33. The molecule has 1 aromatic carbocycles. The number of hydrogen-bond donors (Lipinski definition) is 2. The van der Waals surface area contributed by atoms with Crippen LogP contribution in [0.2, 0.25) is 0 Å². The Balaban J connectivity index is 1.80. The molecule has 2 N–H and O–H groups in total. The molecule has 1 aliphatic rings. The van der Waals surface area contributed by atoms with E-state index in [0.717, 1.165) is 12.0 Å². The van der Waals surface area contributed by atoms with Crippen LogP contribution in [0.1, 0.15) is 48.1 Å². The number of amides is 1. The van der Waals surface area contributed by atoms with Gasteiger partial charge >= 0.3 is 0 Å². The summed E-state index contributed by atoms with van der Waals surface area (Å²) in [5.41, 5.74) is 1.41. The Bertz CT molecular complexity index is 757. The Morgan fingerprint density at radius 1 is 1.30 bits per heavy atom. The zero-order valence-corrected chi connectivity index (χ0v) is 15.7. The minimum Gasteiger partial charge on any atom is -0.493 e. The highest BCUT2D eigenvalue weighted by Crippen LogP contribution is 2.38. The second-order valence-electron chi connectivity index (χ2n) is 6.81. The Morgan fingerprint density at radius 3 is 2.70 bits per heavy atom. The Hall–Kier alpha value is -2.60. The van der Waals surface area contributed by atoms with Crippen LogP contribution in [-0.4, -0.2) is 35.8 Å². The standard InChI is InChI=1S/C21H26N2O4/c1-3-10-27-18-7-5-4-6-17(18)21(25)23-20(15-11-16(24)12-15)14-8-9-19(26-2)22-13-14/h4-9,13,15-16,20,24H,3,10-12H2,1-2H3,(H,23,25). The summed E-state index contributed by atoms with van der Waals surface area (Å²) in [5, 5.41) is 12.8. The van der Waals surface area contributed by atoms with Crippen LogP contribution in [0.4, 0.5) is 0 Å². The van der Waals surface area contributed by atoms with E-state index in [2.05, 4.69) is 10.3 Å². The number of benzene rings is 1. The molecule has 3 rings (SSSR count). The topological polar surface area (TPSA) is 80.7 Å². The maximum atomic E-state index is 13.0. The van der Waals surface area contributed by atoms with E-state index < -0.39 is 0 Å². The molecule has 6 nitrogen and oxygen atoms in total. The number of methoxy groups -OCH3 is 1. The van der Waals surface area contributed by atoms with Gasteiger partial charge in [-0.2, -0.15) is 0 Å². The molecule has 1 heterocycles. The van der Waals surface area contributed by atoms with Gasteiger partial charge < -0.3 is 19.9 Å². The van der Waals surface area contributed by atoms with E-state index in [-0.39, 0.29) is 24.0 Å². The number of nitrogens with zero attached hydrogens (tertiary/aromatic N) is 1. The van der Waals surface area contributed by atoms with Gasteiger partial charge in [-0.05, 0) is 42.9 Å². The number of carbonyl (C=O) groups is 1. The molecule has 1 aromatic heterocycles. The third-order valence-corrected chi connectivity index (χ3v) is 4.83. The normalized spacial score (nSPS) is 19.7. The minimum absolute atomic E-state index is 0.169. The number of carbonyl (C=O) groups excluding carboxylic acids is 1. The molecule has 1 fully saturated rings. The van der Waals surface area contributed by atoms with Gasteiger partial charge in [0, 0.05) is 12.3 Å². The van der Waals surface area contributed by atoms with Crippen molar-refractivity contribution in [1.82, 2.24) is 10.3 Å². The van der Waals surface area contributed by atoms with Crippen LogP contribution in [0.5, 0.6) is 11.6 Å². The predicted molar refractivity (Wildman–Crippen MR) is 102 cm³/mol. The Morgan fingerprint density at radius 2 is 2.07 bits per heavy atom. The highest BCUT2D eigenvalue weighted by atomic mass is 16.5. The average Bonchev–Trinajstić information content (AvgIpc) is 2.68. The number of aromatic nitrogens is 1. The summed E-state index contributed by atoms with van der Waals surface area (Å²) in [4.78, 5) is 17.2. The van der Waals surface area contributed by atoms with E-state index in [9.17, 15) is 9.90 Å². The van der Waals surface area contributed by atoms with Crippen molar-refractivity contribution in [2.24, 2.45) is 5.92 Å². The number of pyridine rings is 1. The molecule has 0 aliphatic heterocycles. The van der Waals surface area contributed by atoms with Crippen LogP contribution in [-0.2, 0) is 0 Å². The fourth-order valence-electron chi connectivity index (χ4n) is 3.28. The molecule has 0 radical (unpaired) electrons. The molecule has 0 spiro atoms. The molecule has 1 saturated carbocycles. The lowest BCUT2D eigenvalue weighted by Crippen LogP contribution is -2.41. The number of ether oxygens (including phenoxy) is 2. The summed E-state index contributed by atoms with van der Waals surface area (Å²) in [7, 11) is 1.57. The summed E-state index contributed by atoms with van der Waals surface area (Å²) >= 11 is 0. The lowest BCUT2D eigenvalue weighted by Gasteiger charge is -2.38. The smallest absolute Gasteiger partial charge is 0.255 e. The number of aliphatic hydroxyl groups is 1. The largest absolute Gasteiger partial charge is 0.493 e. The van der Waals surface area contributed by atoms with Crippen molar-refractivity contribution in [3.05, 3.63) is 53.7 Å². The van der Waals surface area contributed by atoms with Crippen LogP contribution >= 0.6 is 0 Å². The van der Waals surface area contributed by atoms with Crippen molar-refractivity contribution in [3.63, 3.8) is 0 Å². The van der Waals surface area contributed by atoms with Crippen LogP contribution in [0.15, 0.2) is 42.6 Å². The van der Waals surface area contributed by atoms with E-state index in [0.29, 0.717) is 36.6 Å². The van der Waals surface area contributed by atoms with E-state index in [1.165, 1.54) is 0 Å². The summed E-state index contributed by atoms with van der Waals surface area (Å²) in [6, 6.07) is 10.7. The van der Waals surface area contributed by atoms with Crippen LogP contribution in [0.25, 0.3) is 0 Å². The third kappa shape index (κ3) is 4.57. The average molecular weight is 370 g/mol. The second-order valence-corrected chi connectivity index (χ2v) is 6.81. The summed E-state index contributed by atoms with van der Waals surface area (Å²) in [6.07, 6.45) is 3.60. The quantitative estimate of drug-likeness (QED) is 0.746. The van der Waals surface area contributed by atoms with Crippen molar-refractivity contribution in [2.75, 3.05) is 13.7 Å². The van der Waals surface area contributed by atoms with Crippen LogP contribution in [0.3, 0.4) is 0 Å². The van der Waals surface area contributed by atoms with Crippen LogP contribution in [0, 0.1) is 5.92 Å². The number of nitrogens with one attached hydrogen (secondary N) is 1. The van der Waals surface area contributed by atoms with E-state index >= 15 is 0 Å². The fraction of sp³-hybridized carbons (Fsp3) is 0.429. The van der Waals surface area contributed by atoms with Gasteiger partial charge in [-0.25, -0.2) is 4.98 Å². The molecule has 1 unspecified atom stereocenters. The molecule has 0 saturated heterocycles. The first kappa shape index (κ1) is 19.2. The Kier molecular flexibility index (Phi) is 6.29. The van der Waals surface area contributed by atoms with Gasteiger partial charge in [0.05, 0.1) is 31.4 Å². The third-order valence-electron chi connectivity index (χ3n) is 4.83. The van der Waals surface area contributed by atoms with Crippen molar-refractivity contribution in [1.29, 1.82) is 0 Å². The second kappa shape index (κ2) is 8.86. The lowest BCUT2D eigenvalue weighted by molar-refractivity contribution is 0.0234. The molecular formula is C21H26N2O4. The minimum atomic E-state index is -0.305. The predicted octanol–water partition coefficient (Wildman–Crippen LogP) is 3.12. The molecule has 1 atom stereocenters. The van der Waals surface area contributed by atoms with E-state index in [1.807, 2.05) is 31.2 Å². The zero-order chi connectivity index (χ0) is 19.2. The van der Waals surface area contributed by atoms with Gasteiger partial charge in [0.1, 0.15) is 5.75 Å². The summed E-state index contributed by atoms with van der Waals surface area (Å²) in [5.74, 6) is 1.08. The number of rotatable bonds is 8. The summed E-state index contributed by atoms with van der Waals surface area (Å²) < 4.78 is 10.8. The van der Waals surface area contributed by atoms with Gasteiger partial charge in [0.15, 0.2) is 0 Å². The van der Waals surface area contributed by atoms with Crippen molar-refractivity contribution >= 4 is 5.91 Å². The highest BCUT2D eigenvalue weighted by Gasteiger charge is 2.36. The number of aliphatic hydroxyl groups excluding tert-OH is 1. The monoisotopic (exact) mass is 370 g/mol. The SMILES string of the molecule is CCCOc1ccccc1C(=O)NC(c1ccc(OC)nc1)C1CC(O)C1. The van der Waals surface area contributed by atoms with Gasteiger partial charge in [0.25, 0.3) is 5.91 Å².